The Bertz CT molecular complexity index is 1310. The molecule has 0 saturated carbocycles. The van der Waals surface area contributed by atoms with E-state index in [1.54, 1.807) is 0 Å². The van der Waals surface area contributed by atoms with Crippen LogP contribution in [-0.4, -0.2) is 33.4 Å². The first-order valence-electron chi connectivity index (χ1n) is 11.0. The van der Waals surface area contributed by atoms with Crippen molar-refractivity contribution in [1.82, 2.24) is 14.9 Å². The van der Waals surface area contributed by atoms with Crippen LogP contribution in [0.5, 0.6) is 0 Å². The van der Waals surface area contributed by atoms with Crippen molar-refractivity contribution in [2.24, 2.45) is 0 Å². The molecule has 1 unspecified atom stereocenters. The second-order valence-corrected chi connectivity index (χ2v) is 9.39. The van der Waals surface area contributed by atoms with Crippen molar-refractivity contribution in [3.63, 3.8) is 0 Å². The maximum Gasteiger partial charge on any atom is 0.264 e. The number of hydrogen-bond donors (Lipinski definition) is 1. The van der Waals surface area contributed by atoms with Crippen LogP contribution in [0.2, 0.25) is 0 Å². The fourth-order valence-electron chi connectivity index (χ4n) is 4.60. The van der Waals surface area contributed by atoms with Crippen molar-refractivity contribution in [1.29, 1.82) is 0 Å². The molecule has 1 amide bonds. The Labute approximate surface area is 190 Å². The molecule has 32 heavy (non-hydrogen) atoms. The number of thiophene rings is 1. The van der Waals surface area contributed by atoms with E-state index >= 15 is 0 Å². The van der Waals surface area contributed by atoms with Crippen molar-refractivity contribution in [2.75, 3.05) is 6.54 Å². The molecule has 3 heterocycles. The van der Waals surface area contributed by atoms with Crippen molar-refractivity contribution in [3.8, 4) is 0 Å². The summed E-state index contributed by atoms with van der Waals surface area (Å²) in [7, 11) is 0. The molecule has 2 aromatic heterocycles. The molecule has 0 bridgehead atoms. The Hall–Kier alpha value is -3.25. The number of carbonyl (C=O) groups is 1. The second-order valence-electron chi connectivity index (χ2n) is 8.40. The van der Waals surface area contributed by atoms with E-state index in [1.807, 2.05) is 60.4 Å². The van der Waals surface area contributed by atoms with Crippen LogP contribution in [0.1, 0.15) is 45.0 Å². The molecule has 1 saturated heterocycles. The lowest BCUT2D eigenvalue weighted by atomic mass is 10.0. The van der Waals surface area contributed by atoms with Crippen LogP contribution < -0.4 is 5.56 Å². The Morgan fingerprint density at radius 3 is 2.50 bits per heavy atom. The molecule has 0 radical (unpaired) electrons. The predicted molar refractivity (Wildman–Crippen MR) is 128 cm³/mol. The average molecular weight is 444 g/mol. The van der Waals surface area contributed by atoms with Gasteiger partial charge in [0.1, 0.15) is 10.7 Å². The van der Waals surface area contributed by atoms with Gasteiger partial charge >= 0.3 is 0 Å². The molecule has 1 aliphatic heterocycles. The number of amides is 1. The molecular formula is C26H25N3O2S. The van der Waals surface area contributed by atoms with Crippen LogP contribution in [0.15, 0.2) is 65.5 Å². The smallest absolute Gasteiger partial charge is 0.264 e. The summed E-state index contributed by atoms with van der Waals surface area (Å²) in [6.45, 7) is 2.62. The zero-order chi connectivity index (χ0) is 22.1. The molecule has 1 N–H and O–H groups in total. The fourth-order valence-corrected chi connectivity index (χ4v) is 5.75. The van der Waals surface area contributed by atoms with Crippen molar-refractivity contribution >= 4 is 27.5 Å². The summed E-state index contributed by atoms with van der Waals surface area (Å²) in [5.41, 5.74) is 2.89. The van der Waals surface area contributed by atoms with Gasteiger partial charge in [0, 0.05) is 19.0 Å². The number of H-pyrrole nitrogens is 1. The number of rotatable bonds is 5. The molecular weight excluding hydrogens is 418 g/mol. The highest BCUT2D eigenvalue weighted by molar-refractivity contribution is 7.20. The van der Waals surface area contributed by atoms with Gasteiger partial charge in [-0.15, -0.1) is 11.3 Å². The van der Waals surface area contributed by atoms with Crippen LogP contribution in [0.3, 0.4) is 0 Å². The third kappa shape index (κ3) is 3.98. The lowest BCUT2D eigenvalue weighted by Crippen LogP contribution is -2.36. The Kier molecular flexibility index (Phi) is 5.62. The zero-order valence-electron chi connectivity index (χ0n) is 18.0. The minimum atomic E-state index is -0.170. The van der Waals surface area contributed by atoms with E-state index in [2.05, 4.69) is 17.1 Å². The van der Waals surface area contributed by atoms with Gasteiger partial charge in [-0.2, -0.15) is 0 Å². The van der Waals surface area contributed by atoms with Gasteiger partial charge in [-0.05, 0) is 42.9 Å². The van der Waals surface area contributed by atoms with Gasteiger partial charge in [0.25, 0.3) is 11.5 Å². The standard InChI is InChI=1S/C26H25N3O2S/c1-17-22-24(30)27-21(16-19-11-6-3-7-12-19)28-25(22)32-23(17)26(31)29-14-8-13-20(29)15-18-9-4-2-5-10-18/h2-7,9-12,20H,8,13-16H2,1H3,(H,27,28,30). The molecule has 5 rings (SSSR count). The van der Waals surface area contributed by atoms with Crippen LogP contribution in [0.4, 0.5) is 0 Å². The van der Waals surface area contributed by atoms with E-state index in [0.29, 0.717) is 27.3 Å². The molecule has 4 aromatic rings. The van der Waals surface area contributed by atoms with Gasteiger partial charge in [0.2, 0.25) is 0 Å². The molecule has 162 valence electrons. The second kappa shape index (κ2) is 8.71. The van der Waals surface area contributed by atoms with E-state index in [4.69, 9.17) is 4.98 Å². The zero-order valence-corrected chi connectivity index (χ0v) is 18.8. The topological polar surface area (TPSA) is 66.1 Å². The molecule has 6 heteroatoms. The minimum absolute atomic E-state index is 0.0212. The van der Waals surface area contributed by atoms with Gasteiger partial charge in [-0.25, -0.2) is 4.98 Å². The van der Waals surface area contributed by atoms with E-state index in [1.165, 1.54) is 16.9 Å². The molecule has 5 nitrogen and oxygen atoms in total. The highest BCUT2D eigenvalue weighted by Gasteiger charge is 2.32. The lowest BCUT2D eigenvalue weighted by molar-refractivity contribution is 0.0741. The number of carbonyl (C=O) groups excluding carboxylic acids is 1. The number of nitrogens with one attached hydrogen (secondary N) is 1. The first kappa shape index (κ1) is 20.6. The van der Waals surface area contributed by atoms with Crippen LogP contribution in [-0.2, 0) is 12.8 Å². The summed E-state index contributed by atoms with van der Waals surface area (Å²) in [6, 6.07) is 20.4. The minimum Gasteiger partial charge on any atom is -0.335 e. The predicted octanol–water partition coefficient (Wildman–Crippen LogP) is 4.73. The Morgan fingerprint density at radius 1 is 1.09 bits per heavy atom. The maximum atomic E-state index is 13.5. The summed E-state index contributed by atoms with van der Waals surface area (Å²) in [5, 5.41) is 0.536. The van der Waals surface area contributed by atoms with Crippen LogP contribution >= 0.6 is 11.3 Å². The van der Waals surface area contributed by atoms with Crippen molar-refractivity contribution in [3.05, 3.63) is 98.4 Å². The van der Waals surface area contributed by atoms with Crippen molar-refractivity contribution in [2.45, 2.75) is 38.6 Å². The summed E-state index contributed by atoms with van der Waals surface area (Å²) in [4.78, 5) is 37.3. The Balaban J connectivity index is 1.44. The molecule has 0 spiro atoms. The molecule has 1 fully saturated rings. The molecule has 1 aliphatic rings. The number of aromatic amines is 1. The molecule has 2 aromatic carbocycles. The number of aryl methyl sites for hydroxylation is 1. The number of benzene rings is 2. The van der Waals surface area contributed by atoms with E-state index < -0.39 is 0 Å². The van der Waals surface area contributed by atoms with Crippen LogP contribution in [0.25, 0.3) is 10.2 Å². The lowest BCUT2D eigenvalue weighted by Gasteiger charge is -2.24. The molecule has 0 aliphatic carbocycles. The monoisotopic (exact) mass is 443 g/mol. The first-order valence-corrected chi connectivity index (χ1v) is 11.8. The third-order valence-electron chi connectivity index (χ3n) is 6.21. The quantitative estimate of drug-likeness (QED) is 0.485. The number of aromatic nitrogens is 2. The number of likely N-dealkylation sites (tertiary alicyclic amines) is 1. The van der Waals surface area contributed by atoms with Gasteiger partial charge in [0.15, 0.2) is 0 Å². The van der Waals surface area contributed by atoms with Crippen molar-refractivity contribution < 1.29 is 4.79 Å². The summed E-state index contributed by atoms with van der Waals surface area (Å²) in [6.07, 6.45) is 3.42. The van der Waals surface area contributed by atoms with Gasteiger partial charge in [-0.3, -0.25) is 9.59 Å². The molecule has 1 atom stereocenters. The number of fused-ring (bicyclic) bond motifs is 1. The highest BCUT2D eigenvalue weighted by atomic mass is 32.1. The van der Waals surface area contributed by atoms with Gasteiger partial charge in [-0.1, -0.05) is 60.7 Å². The van der Waals surface area contributed by atoms with Gasteiger partial charge < -0.3 is 9.88 Å². The van der Waals surface area contributed by atoms with E-state index in [0.717, 1.165) is 36.9 Å². The fraction of sp³-hybridized carbons (Fsp3) is 0.269. The normalized spacial score (nSPS) is 16.0. The van der Waals surface area contributed by atoms with Gasteiger partial charge in [0.05, 0.1) is 10.3 Å². The largest absolute Gasteiger partial charge is 0.335 e. The maximum absolute atomic E-state index is 13.5. The first-order chi connectivity index (χ1) is 15.6. The number of hydrogen-bond acceptors (Lipinski definition) is 4. The SMILES string of the molecule is Cc1c(C(=O)N2CCCC2Cc2ccccc2)sc2nc(Cc3ccccc3)[nH]c(=O)c12. The third-order valence-corrected chi connectivity index (χ3v) is 7.38. The number of nitrogens with zero attached hydrogens (tertiary/aromatic N) is 2. The summed E-state index contributed by atoms with van der Waals surface area (Å²) in [5.74, 6) is 0.644. The van der Waals surface area contributed by atoms with E-state index in [9.17, 15) is 9.59 Å². The average Bonchev–Trinajstić information content (AvgIpc) is 3.39. The van der Waals surface area contributed by atoms with Crippen LogP contribution in [0, 0.1) is 6.92 Å². The van der Waals surface area contributed by atoms with E-state index in [-0.39, 0.29) is 17.5 Å². The Morgan fingerprint density at radius 2 is 1.78 bits per heavy atom. The highest BCUT2D eigenvalue weighted by Crippen LogP contribution is 2.31. The summed E-state index contributed by atoms with van der Waals surface area (Å²) < 4.78 is 0. The summed E-state index contributed by atoms with van der Waals surface area (Å²) >= 11 is 1.34.